The summed E-state index contributed by atoms with van der Waals surface area (Å²) in [6, 6.07) is 0. The summed E-state index contributed by atoms with van der Waals surface area (Å²) in [7, 11) is 0. The van der Waals surface area contributed by atoms with E-state index in [-0.39, 0.29) is 6.79 Å². The summed E-state index contributed by atoms with van der Waals surface area (Å²) in [5.41, 5.74) is 1.83. The van der Waals surface area contributed by atoms with Crippen molar-refractivity contribution in [3.63, 3.8) is 0 Å². The van der Waals surface area contributed by atoms with Crippen LogP contribution in [0.25, 0.3) is 5.65 Å². The molecule has 2 aromatic rings. The zero-order chi connectivity index (χ0) is 19.5. The molecule has 8 heteroatoms. The second kappa shape index (κ2) is 7.72. The van der Waals surface area contributed by atoms with Crippen LogP contribution in [-0.2, 0) is 31.9 Å². The van der Waals surface area contributed by atoms with Gasteiger partial charge < -0.3 is 14.2 Å². The third-order valence-electron chi connectivity index (χ3n) is 3.77. The highest BCUT2D eigenvalue weighted by atomic mass is 16.7. The molecule has 142 valence electrons. The van der Waals surface area contributed by atoms with E-state index in [2.05, 4.69) is 9.97 Å². The van der Waals surface area contributed by atoms with E-state index < -0.39 is 17.5 Å². The molecule has 0 unspecified atom stereocenters. The molecule has 0 saturated carbocycles. The van der Waals surface area contributed by atoms with E-state index in [9.17, 15) is 9.59 Å². The number of rotatable bonds is 7. The SMILES string of the molecule is CCc1nc2c(CC)nc(C)cn2c1OCOC(=O)C(C)(C)OC(C)=O. The molecule has 2 heterocycles. The number of esters is 2. The minimum Gasteiger partial charge on any atom is -0.448 e. The maximum absolute atomic E-state index is 12.1. The van der Waals surface area contributed by atoms with Gasteiger partial charge in [-0.05, 0) is 33.6 Å². The standard InChI is InChI=1S/C18H25N3O5/c1-7-13-15-20-14(8-2)16(21(15)9-11(3)19-13)24-10-25-17(23)18(5,6)26-12(4)22/h9H,7-8,10H2,1-6H3. The van der Waals surface area contributed by atoms with Crippen LogP contribution in [0, 0.1) is 6.92 Å². The van der Waals surface area contributed by atoms with Gasteiger partial charge in [0.1, 0.15) is 5.69 Å². The van der Waals surface area contributed by atoms with Gasteiger partial charge >= 0.3 is 11.9 Å². The molecule has 8 nitrogen and oxygen atoms in total. The highest BCUT2D eigenvalue weighted by Gasteiger charge is 2.33. The normalized spacial score (nSPS) is 11.5. The first-order valence-electron chi connectivity index (χ1n) is 8.56. The van der Waals surface area contributed by atoms with Gasteiger partial charge in [0.25, 0.3) is 0 Å². The van der Waals surface area contributed by atoms with Crippen molar-refractivity contribution >= 4 is 17.6 Å². The lowest BCUT2D eigenvalue weighted by Crippen LogP contribution is -2.38. The topological polar surface area (TPSA) is 92.0 Å². The van der Waals surface area contributed by atoms with Crippen molar-refractivity contribution in [1.82, 2.24) is 14.4 Å². The van der Waals surface area contributed by atoms with Gasteiger partial charge in [-0.2, -0.15) is 0 Å². The number of hydrogen-bond acceptors (Lipinski definition) is 7. The van der Waals surface area contributed by atoms with E-state index >= 15 is 0 Å². The van der Waals surface area contributed by atoms with E-state index in [0.29, 0.717) is 12.3 Å². The number of aryl methyl sites for hydroxylation is 3. The van der Waals surface area contributed by atoms with Crippen LogP contribution in [0.1, 0.15) is 51.7 Å². The fourth-order valence-electron chi connectivity index (χ4n) is 2.60. The molecule has 0 atom stereocenters. The highest BCUT2D eigenvalue weighted by Crippen LogP contribution is 2.24. The van der Waals surface area contributed by atoms with E-state index in [1.54, 1.807) is 0 Å². The Kier molecular flexibility index (Phi) is 5.84. The highest BCUT2D eigenvalue weighted by molar-refractivity contribution is 5.81. The minimum atomic E-state index is -1.38. The summed E-state index contributed by atoms with van der Waals surface area (Å²) < 4.78 is 17.6. The van der Waals surface area contributed by atoms with E-state index in [4.69, 9.17) is 14.2 Å². The number of ether oxygens (including phenoxy) is 3. The van der Waals surface area contributed by atoms with Gasteiger partial charge in [0.2, 0.25) is 18.3 Å². The largest absolute Gasteiger partial charge is 0.448 e. The average Bonchev–Trinajstić information content (AvgIpc) is 2.90. The predicted molar refractivity (Wildman–Crippen MR) is 93.9 cm³/mol. The number of imidazole rings is 1. The summed E-state index contributed by atoms with van der Waals surface area (Å²) in [5, 5.41) is 0. The maximum Gasteiger partial charge on any atom is 0.352 e. The number of carbonyl (C=O) groups is 2. The number of fused-ring (bicyclic) bond motifs is 1. The summed E-state index contributed by atoms with van der Waals surface area (Å²) >= 11 is 0. The smallest absolute Gasteiger partial charge is 0.352 e. The summed E-state index contributed by atoms with van der Waals surface area (Å²) in [4.78, 5) is 32.3. The number of aromatic nitrogens is 3. The Labute approximate surface area is 152 Å². The number of nitrogens with zero attached hydrogens (tertiary/aromatic N) is 3. The van der Waals surface area contributed by atoms with Crippen molar-refractivity contribution in [1.29, 1.82) is 0 Å². The molecule has 0 bridgehead atoms. The molecule has 0 fully saturated rings. The van der Waals surface area contributed by atoms with Crippen molar-refractivity contribution < 1.29 is 23.8 Å². The van der Waals surface area contributed by atoms with Crippen molar-refractivity contribution in [3.8, 4) is 5.88 Å². The molecule has 26 heavy (non-hydrogen) atoms. The molecule has 0 aliphatic rings. The molecule has 0 N–H and O–H groups in total. The van der Waals surface area contributed by atoms with Gasteiger partial charge in [-0.25, -0.2) is 9.78 Å². The lowest BCUT2D eigenvalue weighted by atomic mass is 10.1. The van der Waals surface area contributed by atoms with E-state index in [1.807, 2.05) is 31.4 Å². The fourth-order valence-corrected chi connectivity index (χ4v) is 2.60. The molecule has 0 aliphatic carbocycles. The van der Waals surface area contributed by atoms with Crippen LogP contribution >= 0.6 is 0 Å². The van der Waals surface area contributed by atoms with Gasteiger partial charge in [-0.3, -0.25) is 14.2 Å². The number of hydrogen-bond donors (Lipinski definition) is 0. The fraction of sp³-hybridized carbons (Fsp3) is 0.556. The van der Waals surface area contributed by atoms with Crippen LogP contribution in [0.3, 0.4) is 0 Å². The van der Waals surface area contributed by atoms with Crippen LogP contribution in [0.5, 0.6) is 5.88 Å². The van der Waals surface area contributed by atoms with Crippen molar-refractivity contribution in [3.05, 3.63) is 23.3 Å². The van der Waals surface area contributed by atoms with Crippen LogP contribution in [0.4, 0.5) is 0 Å². The molecular formula is C18H25N3O5. The maximum atomic E-state index is 12.1. The quantitative estimate of drug-likeness (QED) is 0.551. The molecule has 0 aliphatic heterocycles. The van der Waals surface area contributed by atoms with E-state index in [1.165, 1.54) is 20.8 Å². The summed E-state index contributed by atoms with van der Waals surface area (Å²) in [5.74, 6) is -0.731. The average molecular weight is 363 g/mol. The Bertz CT molecular complexity index is 826. The Hall–Kier alpha value is -2.64. The molecule has 0 amide bonds. The lowest BCUT2D eigenvalue weighted by molar-refractivity contribution is -0.181. The van der Waals surface area contributed by atoms with Crippen molar-refractivity contribution in [2.75, 3.05) is 6.79 Å². The van der Waals surface area contributed by atoms with Gasteiger partial charge in [0.15, 0.2) is 5.65 Å². The Morgan fingerprint density at radius 1 is 1.15 bits per heavy atom. The third-order valence-corrected chi connectivity index (χ3v) is 3.77. The molecule has 2 rings (SSSR count). The molecule has 0 spiro atoms. The molecule has 0 radical (unpaired) electrons. The first kappa shape index (κ1) is 19.7. The molecule has 0 saturated heterocycles. The van der Waals surface area contributed by atoms with Crippen LogP contribution < -0.4 is 4.74 Å². The Balaban J connectivity index is 2.19. The van der Waals surface area contributed by atoms with Gasteiger partial charge in [0, 0.05) is 13.1 Å². The van der Waals surface area contributed by atoms with Crippen LogP contribution in [0.2, 0.25) is 0 Å². The molecular weight excluding hydrogens is 338 g/mol. The van der Waals surface area contributed by atoms with E-state index in [0.717, 1.165) is 29.1 Å². The zero-order valence-electron chi connectivity index (χ0n) is 16.1. The Morgan fingerprint density at radius 2 is 1.81 bits per heavy atom. The van der Waals surface area contributed by atoms with Crippen molar-refractivity contribution in [2.45, 2.75) is 60.0 Å². The molecule has 0 aromatic carbocycles. The van der Waals surface area contributed by atoms with Crippen LogP contribution in [-0.4, -0.2) is 38.7 Å². The first-order valence-corrected chi connectivity index (χ1v) is 8.56. The van der Waals surface area contributed by atoms with Crippen LogP contribution in [0.15, 0.2) is 6.20 Å². The summed E-state index contributed by atoms with van der Waals surface area (Å²) in [6.45, 7) is 9.73. The zero-order valence-corrected chi connectivity index (χ0v) is 16.1. The van der Waals surface area contributed by atoms with Gasteiger partial charge in [-0.1, -0.05) is 13.8 Å². The predicted octanol–water partition coefficient (Wildman–Crippen LogP) is 2.38. The number of carbonyl (C=O) groups excluding carboxylic acids is 2. The Morgan fingerprint density at radius 3 is 2.38 bits per heavy atom. The summed E-state index contributed by atoms with van der Waals surface area (Å²) in [6.07, 6.45) is 3.24. The third kappa shape index (κ3) is 4.12. The van der Waals surface area contributed by atoms with Gasteiger partial charge in [0.05, 0.1) is 11.4 Å². The minimum absolute atomic E-state index is 0.312. The molecule has 2 aromatic heterocycles. The first-order chi connectivity index (χ1) is 12.2. The van der Waals surface area contributed by atoms with Crippen molar-refractivity contribution in [2.24, 2.45) is 0 Å². The second-order valence-electron chi connectivity index (χ2n) is 6.39. The van der Waals surface area contributed by atoms with Gasteiger partial charge in [-0.15, -0.1) is 0 Å². The monoisotopic (exact) mass is 363 g/mol. The second-order valence-corrected chi connectivity index (χ2v) is 6.39. The lowest BCUT2D eigenvalue weighted by Gasteiger charge is -2.22.